The number of benzene rings is 1. The molecule has 2 aliphatic heterocycles. The SMILES string of the molecule is CC1CCCN1S(=O)(=O)c1ccc2c(c1)CCCN2. The fraction of sp³-hybridized carbons (Fsp3) is 0.571. The van der Waals surface area contributed by atoms with Crippen molar-refractivity contribution in [3.8, 4) is 0 Å². The van der Waals surface area contributed by atoms with Crippen molar-refractivity contribution >= 4 is 15.7 Å². The van der Waals surface area contributed by atoms with E-state index in [1.165, 1.54) is 0 Å². The Balaban J connectivity index is 1.97. The summed E-state index contributed by atoms with van der Waals surface area (Å²) in [6, 6.07) is 5.61. The molecule has 1 N–H and O–H groups in total. The van der Waals surface area contributed by atoms with Crippen LogP contribution in [-0.4, -0.2) is 31.9 Å². The first kappa shape index (κ1) is 12.9. The van der Waals surface area contributed by atoms with Crippen LogP contribution in [0.4, 0.5) is 5.69 Å². The average molecular weight is 280 g/mol. The zero-order chi connectivity index (χ0) is 13.5. The number of fused-ring (bicyclic) bond motifs is 1. The van der Waals surface area contributed by atoms with Gasteiger partial charge < -0.3 is 5.32 Å². The van der Waals surface area contributed by atoms with Crippen LogP contribution in [0, 0.1) is 0 Å². The Kier molecular flexibility index (Phi) is 3.27. The molecule has 0 bridgehead atoms. The molecule has 1 aromatic rings. The lowest BCUT2D eigenvalue weighted by molar-refractivity contribution is 0.408. The van der Waals surface area contributed by atoms with Crippen LogP contribution in [-0.2, 0) is 16.4 Å². The monoisotopic (exact) mass is 280 g/mol. The average Bonchev–Trinajstić information content (AvgIpc) is 2.85. The molecule has 19 heavy (non-hydrogen) atoms. The maximum Gasteiger partial charge on any atom is 0.243 e. The van der Waals surface area contributed by atoms with Gasteiger partial charge in [-0.2, -0.15) is 4.31 Å². The maximum atomic E-state index is 12.6. The van der Waals surface area contributed by atoms with Crippen molar-refractivity contribution in [2.45, 2.75) is 43.5 Å². The third-order valence-electron chi connectivity index (χ3n) is 4.11. The number of sulfonamides is 1. The highest BCUT2D eigenvalue weighted by molar-refractivity contribution is 7.89. The number of hydrogen-bond donors (Lipinski definition) is 1. The summed E-state index contributed by atoms with van der Waals surface area (Å²) < 4.78 is 26.9. The van der Waals surface area contributed by atoms with Gasteiger partial charge in [0.15, 0.2) is 0 Å². The van der Waals surface area contributed by atoms with Gasteiger partial charge in [0.05, 0.1) is 4.90 Å². The minimum absolute atomic E-state index is 0.124. The summed E-state index contributed by atoms with van der Waals surface area (Å²) in [4.78, 5) is 0.448. The van der Waals surface area contributed by atoms with Crippen molar-refractivity contribution in [2.75, 3.05) is 18.4 Å². The van der Waals surface area contributed by atoms with Crippen LogP contribution in [0.5, 0.6) is 0 Å². The predicted molar refractivity (Wildman–Crippen MR) is 75.8 cm³/mol. The van der Waals surface area contributed by atoms with E-state index >= 15 is 0 Å². The van der Waals surface area contributed by atoms with Crippen molar-refractivity contribution in [3.05, 3.63) is 23.8 Å². The standard InChI is InChI=1S/C14H20N2O2S/c1-11-4-3-9-16(11)19(17,18)13-6-7-14-12(10-13)5-2-8-15-14/h6-7,10-11,15H,2-5,8-9H2,1H3. The molecular formula is C14H20N2O2S. The Morgan fingerprint density at radius 3 is 2.89 bits per heavy atom. The van der Waals surface area contributed by atoms with E-state index in [9.17, 15) is 8.42 Å². The first-order valence-corrected chi connectivity index (χ1v) is 8.42. The van der Waals surface area contributed by atoms with Crippen LogP contribution >= 0.6 is 0 Å². The minimum Gasteiger partial charge on any atom is -0.385 e. The van der Waals surface area contributed by atoms with Crippen molar-refractivity contribution in [3.63, 3.8) is 0 Å². The predicted octanol–water partition coefficient (Wildman–Crippen LogP) is 2.22. The summed E-state index contributed by atoms with van der Waals surface area (Å²) in [7, 11) is -3.32. The fourth-order valence-corrected chi connectivity index (χ4v) is 4.76. The molecule has 104 valence electrons. The molecular weight excluding hydrogens is 260 g/mol. The maximum absolute atomic E-state index is 12.6. The molecule has 1 fully saturated rings. The first-order chi connectivity index (χ1) is 9.09. The third kappa shape index (κ3) is 2.25. The second kappa shape index (κ2) is 4.80. The van der Waals surface area contributed by atoms with Crippen LogP contribution in [0.25, 0.3) is 0 Å². The molecule has 5 heteroatoms. The highest BCUT2D eigenvalue weighted by Gasteiger charge is 2.32. The largest absolute Gasteiger partial charge is 0.385 e. The van der Waals surface area contributed by atoms with Crippen LogP contribution in [0.15, 0.2) is 23.1 Å². The molecule has 2 aliphatic rings. The summed E-state index contributed by atoms with van der Waals surface area (Å²) in [5.41, 5.74) is 2.21. The van der Waals surface area contributed by atoms with Gasteiger partial charge in [0.25, 0.3) is 0 Å². The molecule has 4 nitrogen and oxygen atoms in total. The van der Waals surface area contributed by atoms with Gasteiger partial charge in [-0.1, -0.05) is 0 Å². The number of aryl methyl sites for hydroxylation is 1. The first-order valence-electron chi connectivity index (χ1n) is 6.98. The van der Waals surface area contributed by atoms with Gasteiger partial charge in [-0.3, -0.25) is 0 Å². The minimum atomic E-state index is -3.32. The van der Waals surface area contributed by atoms with Crippen molar-refractivity contribution in [2.24, 2.45) is 0 Å². The summed E-state index contributed by atoms with van der Waals surface area (Å²) >= 11 is 0. The number of anilines is 1. The lowest BCUT2D eigenvalue weighted by Crippen LogP contribution is -2.33. The second-order valence-corrected chi connectivity index (χ2v) is 7.35. The smallest absolute Gasteiger partial charge is 0.243 e. The molecule has 0 saturated carbocycles. The molecule has 1 aromatic carbocycles. The molecule has 0 amide bonds. The lowest BCUT2D eigenvalue weighted by atomic mass is 10.0. The zero-order valence-corrected chi connectivity index (χ0v) is 12.0. The fourth-order valence-electron chi connectivity index (χ4n) is 3.01. The molecule has 1 atom stereocenters. The quantitative estimate of drug-likeness (QED) is 0.903. The zero-order valence-electron chi connectivity index (χ0n) is 11.2. The van der Waals surface area contributed by atoms with E-state index in [0.717, 1.165) is 43.5 Å². The van der Waals surface area contributed by atoms with E-state index in [0.29, 0.717) is 11.4 Å². The molecule has 2 heterocycles. The highest BCUT2D eigenvalue weighted by atomic mass is 32.2. The molecule has 0 aliphatic carbocycles. The van der Waals surface area contributed by atoms with Crippen LogP contribution in [0.1, 0.15) is 31.7 Å². The Bertz CT molecular complexity index is 583. The van der Waals surface area contributed by atoms with Gasteiger partial charge in [-0.15, -0.1) is 0 Å². The van der Waals surface area contributed by atoms with Crippen LogP contribution < -0.4 is 5.32 Å². The van der Waals surface area contributed by atoms with Crippen molar-refractivity contribution in [1.82, 2.24) is 4.31 Å². The van der Waals surface area contributed by atoms with E-state index in [1.54, 1.807) is 10.4 Å². The van der Waals surface area contributed by atoms with Gasteiger partial charge in [0.1, 0.15) is 0 Å². The van der Waals surface area contributed by atoms with E-state index in [-0.39, 0.29) is 6.04 Å². The molecule has 0 aromatic heterocycles. The summed E-state index contributed by atoms with van der Waals surface area (Å²) in [5.74, 6) is 0. The van der Waals surface area contributed by atoms with Gasteiger partial charge >= 0.3 is 0 Å². The Morgan fingerprint density at radius 1 is 1.32 bits per heavy atom. The molecule has 1 unspecified atom stereocenters. The topological polar surface area (TPSA) is 49.4 Å². The Hall–Kier alpha value is -1.07. The van der Waals surface area contributed by atoms with Crippen molar-refractivity contribution < 1.29 is 8.42 Å². The number of nitrogens with one attached hydrogen (secondary N) is 1. The third-order valence-corrected chi connectivity index (χ3v) is 6.12. The van der Waals surface area contributed by atoms with E-state index in [4.69, 9.17) is 0 Å². The van der Waals surface area contributed by atoms with E-state index in [2.05, 4.69) is 5.32 Å². The van der Waals surface area contributed by atoms with Crippen molar-refractivity contribution in [1.29, 1.82) is 0 Å². The van der Waals surface area contributed by atoms with Gasteiger partial charge in [-0.25, -0.2) is 8.42 Å². The van der Waals surface area contributed by atoms with Gasteiger partial charge in [0, 0.05) is 24.8 Å². The van der Waals surface area contributed by atoms with Gasteiger partial charge in [0.2, 0.25) is 10.0 Å². The Labute approximate surface area is 114 Å². The second-order valence-electron chi connectivity index (χ2n) is 5.46. The molecule has 1 saturated heterocycles. The molecule has 0 radical (unpaired) electrons. The van der Waals surface area contributed by atoms with Gasteiger partial charge in [-0.05, 0) is 56.4 Å². The van der Waals surface area contributed by atoms with Crippen LogP contribution in [0.2, 0.25) is 0 Å². The molecule has 0 spiro atoms. The number of nitrogens with zero attached hydrogens (tertiary/aromatic N) is 1. The number of rotatable bonds is 2. The summed E-state index contributed by atoms with van der Waals surface area (Å²) in [5, 5.41) is 3.31. The lowest BCUT2D eigenvalue weighted by Gasteiger charge is -2.23. The number of hydrogen-bond acceptors (Lipinski definition) is 3. The Morgan fingerprint density at radius 2 is 2.16 bits per heavy atom. The summed E-state index contributed by atoms with van der Waals surface area (Å²) in [6.45, 7) is 3.62. The summed E-state index contributed by atoms with van der Waals surface area (Å²) in [6.07, 6.45) is 3.95. The molecule has 3 rings (SSSR count). The van der Waals surface area contributed by atoms with E-state index in [1.807, 2.05) is 19.1 Å². The normalized spacial score (nSPS) is 23.9. The van der Waals surface area contributed by atoms with Crippen LogP contribution in [0.3, 0.4) is 0 Å². The van der Waals surface area contributed by atoms with E-state index < -0.39 is 10.0 Å². The highest BCUT2D eigenvalue weighted by Crippen LogP contribution is 2.29.